The minimum atomic E-state index is 0.321. The fourth-order valence-corrected chi connectivity index (χ4v) is 4.94. The van der Waals surface area contributed by atoms with Gasteiger partial charge in [-0.2, -0.15) is 0 Å². The number of benzene rings is 2. The highest BCUT2D eigenvalue weighted by Gasteiger charge is 2.16. The van der Waals surface area contributed by atoms with E-state index in [2.05, 4.69) is 45.8 Å². The normalized spacial score (nSPS) is 17.6. The topological polar surface area (TPSA) is 90.1 Å². The predicted octanol–water partition coefficient (Wildman–Crippen LogP) is 3.70. The van der Waals surface area contributed by atoms with Crippen LogP contribution in [-0.4, -0.2) is 98.1 Å². The monoisotopic (exact) mass is 522 g/mol. The third-order valence-corrected chi connectivity index (χ3v) is 7.01. The minimum Gasteiger partial charge on any atom is -0.507 e. The van der Waals surface area contributed by atoms with Crippen LogP contribution in [0.4, 0.5) is 0 Å². The van der Waals surface area contributed by atoms with Crippen molar-refractivity contribution < 1.29 is 19.7 Å². The summed E-state index contributed by atoms with van der Waals surface area (Å²) in [6.07, 6.45) is 5.39. The van der Waals surface area contributed by atoms with Gasteiger partial charge in [-0.1, -0.05) is 12.1 Å². The molecule has 0 radical (unpaired) electrons. The Kier molecular flexibility index (Phi) is 10.7. The highest BCUT2D eigenvalue weighted by Crippen LogP contribution is 2.26. The van der Waals surface area contributed by atoms with Gasteiger partial charge in [0.25, 0.3) is 0 Å². The number of hydrogen-bond donors (Lipinski definition) is 2. The Hall–Kier alpha value is -2.78. The first-order chi connectivity index (χ1) is 18.5. The molecule has 0 saturated carbocycles. The zero-order valence-electron chi connectivity index (χ0n) is 22.9. The lowest BCUT2D eigenvalue weighted by atomic mass is 10.0. The molecule has 0 aromatic heterocycles. The molecule has 2 fully saturated rings. The van der Waals surface area contributed by atoms with E-state index in [1.165, 1.54) is 0 Å². The summed E-state index contributed by atoms with van der Waals surface area (Å²) in [6.45, 7) is 13.4. The molecule has 0 aliphatic carbocycles. The number of aliphatic imine (C=N–C) groups is 2. The van der Waals surface area contributed by atoms with E-state index in [-0.39, 0.29) is 0 Å². The van der Waals surface area contributed by atoms with E-state index in [1.807, 2.05) is 12.1 Å². The molecule has 2 aliphatic rings. The highest BCUT2D eigenvalue weighted by molar-refractivity contribution is 5.85. The molecule has 4 rings (SSSR count). The van der Waals surface area contributed by atoms with Crippen LogP contribution in [0.25, 0.3) is 0 Å². The van der Waals surface area contributed by atoms with Crippen LogP contribution in [0.15, 0.2) is 34.3 Å². The van der Waals surface area contributed by atoms with E-state index in [0.29, 0.717) is 24.6 Å². The SMILES string of the molecule is Cc1cc(C=NCCCCN=Cc2cc(C)cc(CN3CCOCC3)c2O)c(O)c(CN2CCOCC2)c1. The summed E-state index contributed by atoms with van der Waals surface area (Å²) < 4.78 is 10.9. The second kappa shape index (κ2) is 14.4. The van der Waals surface area contributed by atoms with E-state index in [9.17, 15) is 10.2 Å². The standard InChI is InChI=1S/C30H42N4O4/c1-23-15-25(29(35)27(17-23)21-33-7-11-37-12-8-33)19-31-5-3-4-6-32-20-26-16-24(2)18-28(30(26)36)22-34-9-13-38-14-10-34/h15-20,35-36H,3-14,21-22H2,1-2H3. The van der Waals surface area contributed by atoms with Gasteiger partial charge < -0.3 is 19.7 Å². The fourth-order valence-electron chi connectivity index (χ4n) is 4.94. The second-order valence-electron chi connectivity index (χ2n) is 10.3. The zero-order valence-corrected chi connectivity index (χ0v) is 22.9. The Morgan fingerprint density at radius 3 is 1.47 bits per heavy atom. The van der Waals surface area contributed by atoms with Crippen molar-refractivity contribution in [2.24, 2.45) is 9.98 Å². The molecular weight excluding hydrogens is 480 g/mol. The van der Waals surface area contributed by atoms with Gasteiger partial charge >= 0.3 is 0 Å². The summed E-state index contributed by atoms with van der Waals surface area (Å²) in [5, 5.41) is 21.6. The molecule has 38 heavy (non-hydrogen) atoms. The van der Waals surface area contributed by atoms with Crippen molar-refractivity contribution >= 4 is 12.4 Å². The van der Waals surface area contributed by atoms with Crippen LogP contribution in [0.3, 0.4) is 0 Å². The number of nitrogens with zero attached hydrogens (tertiary/aromatic N) is 4. The Bertz CT molecular complexity index is 1020. The van der Waals surface area contributed by atoms with Crippen molar-refractivity contribution in [1.29, 1.82) is 0 Å². The summed E-state index contributed by atoms with van der Waals surface area (Å²) in [6, 6.07) is 8.07. The van der Waals surface area contributed by atoms with Crippen molar-refractivity contribution in [3.05, 3.63) is 57.6 Å². The molecule has 2 aromatic carbocycles. The van der Waals surface area contributed by atoms with Crippen LogP contribution in [0, 0.1) is 13.8 Å². The predicted molar refractivity (Wildman–Crippen MR) is 152 cm³/mol. The largest absolute Gasteiger partial charge is 0.507 e. The van der Waals surface area contributed by atoms with Gasteiger partial charge in [-0.15, -0.1) is 0 Å². The summed E-state index contributed by atoms with van der Waals surface area (Å²) in [5.41, 5.74) is 5.66. The first-order valence-corrected chi connectivity index (χ1v) is 13.7. The summed E-state index contributed by atoms with van der Waals surface area (Å²) in [5.74, 6) is 0.641. The molecule has 0 unspecified atom stereocenters. The number of phenols is 2. The molecule has 2 saturated heterocycles. The molecule has 0 spiro atoms. The van der Waals surface area contributed by atoms with Gasteiger partial charge in [0.1, 0.15) is 11.5 Å². The Labute approximate surface area is 226 Å². The number of unbranched alkanes of at least 4 members (excludes halogenated alkanes) is 1. The van der Waals surface area contributed by atoms with Gasteiger partial charge in [-0.05, 0) is 49.9 Å². The summed E-state index contributed by atoms with van der Waals surface area (Å²) >= 11 is 0. The van der Waals surface area contributed by atoms with Crippen molar-refractivity contribution in [3.8, 4) is 11.5 Å². The van der Waals surface area contributed by atoms with Crippen LogP contribution in [0.1, 0.15) is 46.2 Å². The van der Waals surface area contributed by atoms with Crippen LogP contribution in [0.5, 0.6) is 11.5 Å². The molecule has 0 amide bonds. The number of phenolic OH excluding ortho intramolecular Hbond substituents is 2. The quantitative estimate of drug-likeness (QED) is 0.346. The van der Waals surface area contributed by atoms with Gasteiger partial charge in [0.2, 0.25) is 0 Å². The molecule has 2 aliphatic heterocycles. The van der Waals surface area contributed by atoms with Crippen molar-refractivity contribution in [2.75, 3.05) is 65.7 Å². The van der Waals surface area contributed by atoms with Gasteiger partial charge in [0.15, 0.2) is 0 Å². The average molecular weight is 523 g/mol. The van der Waals surface area contributed by atoms with Gasteiger partial charge in [0.05, 0.1) is 26.4 Å². The molecule has 2 heterocycles. The highest BCUT2D eigenvalue weighted by atomic mass is 16.5. The lowest BCUT2D eigenvalue weighted by Gasteiger charge is -2.27. The lowest BCUT2D eigenvalue weighted by molar-refractivity contribution is 0.0338. The van der Waals surface area contributed by atoms with Gasteiger partial charge in [0, 0.05) is 87.0 Å². The van der Waals surface area contributed by atoms with E-state index < -0.39 is 0 Å². The van der Waals surface area contributed by atoms with Crippen molar-refractivity contribution in [3.63, 3.8) is 0 Å². The third-order valence-electron chi connectivity index (χ3n) is 7.01. The average Bonchev–Trinajstić information content (AvgIpc) is 2.91. The Morgan fingerprint density at radius 2 is 1.08 bits per heavy atom. The maximum Gasteiger partial charge on any atom is 0.128 e. The van der Waals surface area contributed by atoms with Crippen molar-refractivity contribution in [2.45, 2.75) is 39.8 Å². The second-order valence-corrected chi connectivity index (χ2v) is 10.3. The number of aromatic hydroxyl groups is 2. The number of morpholine rings is 2. The first-order valence-electron chi connectivity index (χ1n) is 13.7. The minimum absolute atomic E-state index is 0.321. The van der Waals surface area contributed by atoms with E-state index >= 15 is 0 Å². The van der Waals surface area contributed by atoms with Crippen LogP contribution in [-0.2, 0) is 22.6 Å². The van der Waals surface area contributed by atoms with E-state index in [4.69, 9.17) is 9.47 Å². The first kappa shape index (κ1) is 28.2. The number of aryl methyl sites for hydroxylation is 2. The Morgan fingerprint density at radius 1 is 0.684 bits per heavy atom. The fraction of sp³-hybridized carbons (Fsp3) is 0.533. The molecule has 2 N–H and O–H groups in total. The van der Waals surface area contributed by atoms with E-state index in [1.54, 1.807) is 12.4 Å². The van der Waals surface area contributed by atoms with Crippen LogP contribution in [0.2, 0.25) is 0 Å². The Balaban J connectivity index is 1.23. The number of rotatable bonds is 11. The number of hydrogen-bond acceptors (Lipinski definition) is 8. The van der Waals surface area contributed by atoms with Crippen molar-refractivity contribution in [1.82, 2.24) is 9.80 Å². The lowest BCUT2D eigenvalue weighted by Crippen LogP contribution is -2.35. The zero-order chi connectivity index (χ0) is 26.7. The molecule has 2 aromatic rings. The summed E-state index contributed by atoms with van der Waals surface area (Å²) in [4.78, 5) is 13.7. The van der Waals surface area contributed by atoms with Gasteiger partial charge in [-0.25, -0.2) is 0 Å². The smallest absolute Gasteiger partial charge is 0.128 e. The molecule has 0 atom stereocenters. The molecule has 8 nitrogen and oxygen atoms in total. The number of ether oxygens (including phenoxy) is 2. The van der Waals surface area contributed by atoms with E-state index in [0.717, 1.165) is 112 Å². The molecule has 0 bridgehead atoms. The molecule has 206 valence electrons. The van der Waals surface area contributed by atoms with Crippen LogP contribution < -0.4 is 0 Å². The molecular formula is C30H42N4O4. The third kappa shape index (κ3) is 8.36. The maximum absolute atomic E-state index is 10.8. The van der Waals surface area contributed by atoms with Gasteiger partial charge in [-0.3, -0.25) is 19.8 Å². The van der Waals surface area contributed by atoms with Crippen LogP contribution >= 0.6 is 0 Å². The summed E-state index contributed by atoms with van der Waals surface area (Å²) in [7, 11) is 0. The maximum atomic E-state index is 10.8. The molecule has 8 heteroatoms.